The first kappa shape index (κ1) is 19.9. The highest BCUT2D eigenvalue weighted by molar-refractivity contribution is 7.89. The van der Waals surface area contributed by atoms with E-state index in [1.165, 1.54) is 12.1 Å². The van der Waals surface area contributed by atoms with Gasteiger partial charge in [0, 0.05) is 6.54 Å². The molecule has 23 heavy (non-hydrogen) atoms. The van der Waals surface area contributed by atoms with Gasteiger partial charge in [-0.3, -0.25) is 4.79 Å². The summed E-state index contributed by atoms with van der Waals surface area (Å²) in [6, 6.07) is 6.39. The Kier molecular flexibility index (Phi) is 7.01. The lowest BCUT2D eigenvalue weighted by molar-refractivity contribution is -0.127. The molecule has 130 valence electrons. The third kappa shape index (κ3) is 5.46. The zero-order valence-electron chi connectivity index (χ0n) is 13.2. The van der Waals surface area contributed by atoms with E-state index in [-0.39, 0.29) is 23.2 Å². The van der Waals surface area contributed by atoms with Crippen LogP contribution in [0.25, 0.3) is 0 Å². The van der Waals surface area contributed by atoms with Crippen molar-refractivity contribution in [3.05, 3.63) is 29.8 Å². The van der Waals surface area contributed by atoms with Gasteiger partial charge in [-0.2, -0.15) is 0 Å². The van der Waals surface area contributed by atoms with E-state index in [2.05, 4.69) is 10.6 Å². The summed E-state index contributed by atoms with van der Waals surface area (Å²) in [4.78, 5) is 12.3. The standard InChI is InChI=1S/C15H23N3O3S.ClH/c1-15(9-2-3-10-18-15)14(19)17-11-8-12-4-6-13(7-5-12)22(16,20)21;/h4-7,18H,2-3,8-11H2,1H3,(H,17,19)(H2,16,20,21);1H. The van der Waals surface area contributed by atoms with Crippen molar-refractivity contribution >= 4 is 28.3 Å². The highest BCUT2D eigenvalue weighted by atomic mass is 35.5. The van der Waals surface area contributed by atoms with Gasteiger partial charge in [-0.15, -0.1) is 12.4 Å². The minimum absolute atomic E-state index is 0. The van der Waals surface area contributed by atoms with E-state index in [1.54, 1.807) is 12.1 Å². The molecular weight excluding hydrogens is 338 g/mol. The number of hydrogen-bond donors (Lipinski definition) is 3. The molecular formula is C15H24ClN3O3S. The van der Waals surface area contributed by atoms with E-state index in [9.17, 15) is 13.2 Å². The first-order chi connectivity index (χ1) is 10.3. The van der Waals surface area contributed by atoms with Crippen LogP contribution in [-0.4, -0.2) is 33.0 Å². The highest BCUT2D eigenvalue weighted by Gasteiger charge is 2.33. The van der Waals surface area contributed by atoms with Crippen molar-refractivity contribution in [2.45, 2.75) is 43.0 Å². The number of nitrogens with two attached hydrogens (primary N) is 1. The molecule has 0 bridgehead atoms. The van der Waals surface area contributed by atoms with Gasteiger partial charge in [0.05, 0.1) is 10.4 Å². The van der Waals surface area contributed by atoms with Gasteiger partial charge >= 0.3 is 0 Å². The molecule has 0 saturated carbocycles. The lowest BCUT2D eigenvalue weighted by Crippen LogP contribution is -2.57. The summed E-state index contributed by atoms with van der Waals surface area (Å²) in [5.74, 6) is 0.0216. The fourth-order valence-corrected chi connectivity index (χ4v) is 3.13. The van der Waals surface area contributed by atoms with Crippen LogP contribution in [-0.2, 0) is 21.2 Å². The number of rotatable bonds is 5. The highest BCUT2D eigenvalue weighted by Crippen LogP contribution is 2.18. The third-order valence-electron chi connectivity index (χ3n) is 4.07. The van der Waals surface area contributed by atoms with Gasteiger partial charge in [0.1, 0.15) is 0 Å². The first-order valence-corrected chi connectivity index (χ1v) is 9.01. The largest absolute Gasteiger partial charge is 0.354 e. The minimum Gasteiger partial charge on any atom is -0.354 e. The lowest BCUT2D eigenvalue weighted by Gasteiger charge is -2.33. The topological polar surface area (TPSA) is 101 Å². The molecule has 4 N–H and O–H groups in total. The van der Waals surface area contributed by atoms with E-state index in [4.69, 9.17) is 5.14 Å². The molecule has 1 aromatic rings. The van der Waals surface area contributed by atoms with Crippen LogP contribution in [0.2, 0.25) is 0 Å². The second-order valence-electron chi connectivity index (χ2n) is 5.91. The molecule has 1 atom stereocenters. The van der Waals surface area contributed by atoms with Gasteiger partial charge in [0.2, 0.25) is 15.9 Å². The number of carbonyl (C=O) groups is 1. The molecule has 0 radical (unpaired) electrons. The Labute approximate surface area is 143 Å². The van der Waals surface area contributed by atoms with Crippen molar-refractivity contribution in [2.75, 3.05) is 13.1 Å². The summed E-state index contributed by atoms with van der Waals surface area (Å²) >= 11 is 0. The Morgan fingerprint density at radius 2 is 1.96 bits per heavy atom. The number of hydrogen-bond acceptors (Lipinski definition) is 4. The van der Waals surface area contributed by atoms with Gasteiger partial charge in [-0.05, 0) is 56.8 Å². The van der Waals surface area contributed by atoms with Crippen molar-refractivity contribution in [1.29, 1.82) is 0 Å². The van der Waals surface area contributed by atoms with E-state index in [0.717, 1.165) is 31.4 Å². The number of sulfonamides is 1. The zero-order chi connectivity index (χ0) is 16.2. The predicted octanol–water partition coefficient (Wildman–Crippen LogP) is 0.947. The van der Waals surface area contributed by atoms with E-state index in [0.29, 0.717) is 13.0 Å². The van der Waals surface area contributed by atoms with Gasteiger partial charge in [-0.25, -0.2) is 13.6 Å². The van der Waals surface area contributed by atoms with Crippen LogP contribution in [0.5, 0.6) is 0 Å². The van der Waals surface area contributed by atoms with Crippen molar-refractivity contribution in [3.8, 4) is 0 Å². The number of carbonyl (C=O) groups excluding carboxylic acids is 1. The molecule has 0 aliphatic carbocycles. The molecule has 1 aromatic carbocycles. The number of benzene rings is 1. The normalized spacial score (nSPS) is 21.3. The fourth-order valence-electron chi connectivity index (χ4n) is 2.61. The maximum atomic E-state index is 12.2. The Hall–Kier alpha value is -1.15. The van der Waals surface area contributed by atoms with Crippen LogP contribution in [0.15, 0.2) is 29.2 Å². The number of nitrogens with one attached hydrogen (secondary N) is 2. The molecule has 6 nitrogen and oxygen atoms in total. The third-order valence-corrected chi connectivity index (χ3v) is 5.00. The second kappa shape index (κ2) is 8.10. The Morgan fingerprint density at radius 3 is 2.48 bits per heavy atom. The second-order valence-corrected chi connectivity index (χ2v) is 7.47. The molecule has 1 aliphatic heterocycles. The molecule has 0 aromatic heterocycles. The van der Waals surface area contributed by atoms with Crippen LogP contribution in [0, 0.1) is 0 Å². The van der Waals surface area contributed by atoms with Crippen molar-refractivity contribution in [2.24, 2.45) is 5.14 Å². The summed E-state index contributed by atoms with van der Waals surface area (Å²) in [6.45, 7) is 3.33. The van der Waals surface area contributed by atoms with Gasteiger partial charge in [0.15, 0.2) is 0 Å². The van der Waals surface area contributed by atoms with Crippen LogP contribution in [0.4, 0.5) is 0 Å². The Bertz CT molecular complexity index is 626. The van der Waals surface area contributed by atoms with Crippen LogP contribution < -0.4 is 15.8 Å². The number of amides is 1. The maximum Gasteiger partial charge on any atom is 0.240 e. The summed E-state index contributed by atoms with van der Waals surface area (Å²) in [7, 11) is -3.65. The summed E-state index contributed by atoms with van der Waals surface area (Å²) in [5, 5.41) is 11.3. The number of piperidine rings is 1. The summed E-state index contributed by atoms with van der Waals surface area (Å²) in [6.07, 6.45) is 3.67. The maximum absolute atomic E-state index is 12.2. The van der Waals surface area contributed by atoms with Crippen LogP contribution in [0.3, 0.4) is 0 Å². The molecule has 1 saturated heterocycles. The van der Waals surface area contributed by atoms with Crippen molar-refractivity contribution in [3.63, 3.8) is 0 Å². The fraction of sp³-hybridized carbons (Fsp3) is 0.533. The SMILES string of the molecule is CC1(C(=O)NCCc2ccc(S(N)(=O)=O)cc2)CCCCN1.Cl. The lowest BCUT2D eigenvalue weighted by atomic mass is 9.90. The van der Waals surface area contributed by atoms with Crippen molar-refractivity contribution in [1.82, 2.24) is 10.6 Å². The van der Waals surface area contributed by atoms with Crippen LogP contribution in [0.1, 0.15) is 31.7 Å². The predicted molar refractivity (Wildman–Crippen MR) is 92.0 cm³/mol. The smallest absolute Gasteiger partial charge is 0.240 e. The number of halogens is 1. The molecule has 8 heteroatoms. The molecule has 0 spiro atoms. The van der Waals surface area contributed by atoms with Gasteiger partial charge in [0.25, 0.3) is 0 Å². The summed E-state index contributed by atoms with van der Waals surface area (Å²) in [5.41, 5.74) is 0.477. The van der Waals surface area contributed by atoms with Crippen molar-refractivity contribution < 1.29 is 13.2 Å². The molecule has 1 amide bonds. The molecule has 1 fully saturated rings. The Morgan fingerprint density at radius 1 is 1.30 bits per heavy atom. The average molecular weight is 362 g/mol. The van der Waals surface area contributed by atoms with Crippen LogP contribution >= 0.6 is 12.4 Å². The summed E-state index contributed by atoms with van der Waals surface area (Å²) < 4.78 is 22.3. The molecule has 1 aliphatic rings. The van der Waals surface area contributed by atoms with Gasteiger partial charge < -0.3 is 10.6 Å². The average Bonchev–Trinajstić information content (AvgIpc) is 2.47. The van der Waals surface area contributed by atoms with E-state index >= 15 is 0 Å². The Balaban J connectivity index is 0.00000264. The van der Waals surface area contributed by atoms with E-state index < -0.39 is 15.6 Å². The number of primary sulfonamides is 1. The van der Waals surface area contributed by atoms with E-state index in [1.807, 2.05) is 6.92 Å². The molecule has 1 heterocycles. The first-order valence-electron chi connectivity index (χ1n) is 7.46. The van der Waals surface area contributed by atoms with Gasteiger partial charge in [-0.1, -0.05) is 12.1 Å². The monoisotopic (exact) mass is 361 g/mol. The zero-order valence-corrected chi connectivity index (χ0v) is 14.8. The minimum atomic E-state index is -3.65. The quantitative estimate of drug-likeness (QED) is 0.726. The molecule has 1 unspecified atom stereocenters. The molecule has 2 rings (SSSR count).